The Kier molecular flexibility index (Phi) is 6.64. The first-order valence-electron chi connectivity index (χ1n) is 10.4. The average molecular weight is 448 g/mol. The Hall–Kier alpha value is -4.20. The first-order valence-corrected chi connectivity index (χ1v) is 10.4. The summed E-state index contributed by atoms with van der Waals surface area (Å²) in [6.45, 7) is 2.42. The number of rotatable bonds is 9. The molecule has 0 fully saturated rings. The lowest BCUT2D eigenvalue weighted by molar-refractivity contribution is 0.0699. The van der Waals surface area contributed by atoms with Gasteiger partial charge in [0.25, 0.3) is 0 Å². The maximum atomic E-state index is 13.2. The number of ether oxygens (including phenoxy) is 1. The smallest absolute Gasteiger partial charge is 0.336 e. The van der Waals surface area contributed by atoms with E-state index < -0.39 is 12.1 Å². The molecule has 7 nitrogen and oxygen atoms in total. The number of carbonyl (C=O) groups is 1. The van der Waals surface area contributed by atoms with Crippen LogP contribution in [0.15, 0.2) is 76.4 Å². The van der Waals surface area contributed by atoms with E-state index in [0.717, 1.165) is 11.8 Å². The van der Waals surface area contributed by atoms with E-state index in [-0.39, 0.29) is 11.4 Å². The van der Waals surface area contributed by atoms with Gasteiger partial charge in [-0.25, -0.2) is 9.18 Å². The summed E-state index contributed by atoms with van der Waals surface area (Å²) in [7, 11) is 0. The zero-order chi connectivity index (χ0) is 23.2. The van der Waals surface area contributed by atoms with Crippen molar-refractivity contribution in [2.75, 3.05) is 6.61 Å². The minimum atomic E-state index is -0.998. The molecule has 168 valence electrons. The van der Waals surface area contributed by atoms with Gasteiger partial charge < -0.3 is 19.2 Å². The summed E-state index contributed by atoms with van der Waals surface area (Å²) >= 11 is 0. The number of halogens is 1. The SMILES string of the molecule is CCCO/N=C/C(Oc1ccc2c(C(=O)O)cccc2c1)c1cc(-c2ccc(F)cc2)no1. The van der Waals surface area contributed by atoms with Crippen LogP contribution in [0.3, 0.4) is 0 Å². The van der Waals surface area contributed by atoms with Gasteiger partial charge in [-0.3, -0.25) is 0 Å². The van der Waals surface area contributed by atoms with E-state index in [9.17, 15) is 14.3 Å². The topological polar surface area (TPSA) is 94.2 Å². The number of hydrogen-bond donors (Lipinski definition) is 1. The predicted molar refractivity (Wildman–Crippen MR) is 121 cm³/mol. The minimum absolute atomic E-state index is 0.212. The predicted octanol–water partition coefficient (Wildman–Crippen LogP) is 5.86. The van der Waals surface area contributed by atoms with Crippen molar-refractivity contribution in [1.82, 2.24) is 5.16 Å². The zero-order valence-corrected chi connectivity index (χ0v) is 17.8. The van der Waals surface area contributed by atoms with Gasteiger partial charge in [0, 0.05) is 11.6 Å². The normalized spacial score (nSPS) is 12.2. The Bertz CT molecular complexity index is 1280. The molecule has 4 aromatic rings. The third kappa shape index (κ3) is 5.17. The molecule has 1 heterocycles. The van der Waals surface area contributed by atoms with Crippen molar-refractivity contribution in [3.8, 4) is 17.0 Å². The molecule has 3 aromatic carbocycles. The molecule has 33 heavy (non-hydrogen) atoms. The minimum Gasteiger partial charge on any atom is -0.478 e. The van der Waals surface area contributed by atoms with Crippen LogP contribution in [-0.2, 0) is 4.84 Å². The van der Waals surface area contributed by atoms with E-state index in [1.807, 2.05) is 13.0 Å². The third-order valence-electron chi connectivity index (χ3n) is 4.86. The van der Waals surface area contributed by atoms with Gasteiger partial charge in [-0.05, 0) is 65.7 Å². The Labute approximate surface area is 189 Å². The van der Waals surface area contributed by atoms with Crippen LogP contribution in [0, 0.1) is 5.82 Å². The fraction of sp³-hybridized carbons (Fsp3) is 0.160. The Morgan fingerprint density at radius 2 is 2.00 bits per heavy atom. The monoisotopic (exact) mass is 448 g/mol. The fourth-order valence-corrected chi connectivity index (χ4v) is 3.25. The second-order valence-corrected chi connectivity index (χ2v) is 7.24. The molecule has 0 saturated carbocycles. The van der Waals surface area contributed by atoms with Crippen molar-refractivity contribution >= 4 is 23.0 Å². The molecule has 8 heteroatoms. The molecule has 0 amide bonds. The molecule has 1 aromatic heterocycles. The van der Waals surface area contributed by atoms with E-state index in [4.69, 9.17) is 14.1 Å². The van der Waals surface area contributed by atoms with Crippen LogP contribution in [-0.4, -0.2) is 29.1 Å². The largest absolute Gasteiger partial charge is 0.478 e. The lowest BCUT2D eigenvalue weighted by atomic mass is 10.0. The number of carboxylic acid groups (broad SMARTS) is 1. The van der Waals surface area contributed by atoms with Gasteiger partial charge in [0.2, 0.25) is 0 Å². The quantitative estimate of drug-likeness (QED) is 0.196. The van der Waals surface area contributed by atoms with Gasteiger partial charge in [0.15, 0.2) is 11.9 Å². The average Bonchev–Trinajstić information content (AvgIpc) is 3.31. The summed E-state index contributed by atoms with van der Waals surface area (Å²) in [5.41, 5.74) is 1.42. The zero-order valence-electron chi connectivity index (χ0n) is 17.8. The van der Waals surface area contributed by atoms with Crippen LogP contribution >= 0.6 is 0 Å². The van der Waals surface area contributed by atoms with Gasteiger partial charge in [0.1, 0.15) is 23.9 Å². The van der Waals surface area contributed by atoms with Gasteiger partial charge in [-0.15, -0.1) is 0 Å². The van der Waals surface area contributed by atoms with Crippen LogP contribution < -0.4 is 4.74 Å². The number of fused-ring (bicyclic) bond motifs is 1. The molecule has 4 rings (SSSR count). The summed E-state index contributed by atoms with van der Waals surface area (Å²) in [4.78, 5) is 16.7. The summed E-state index contributed by atoms with van der Waals surface area (Å²) in [6, 6.07) is 17.7. The van der Waals surface area contributed by atoms with Crippen LogP contribution in [0.25, 0.3) is 22.0 Å². The summed E-state index contributed by atoms with van der Waals surface area (Å²) in [6.07, 6.45) is 1.50. The van der Waals surface area contributed by atoms with Gasteiger partial charge in [-0.2, -0.15) is 0 Å². The standard InChI is InChI=1S/C25H21FN2O5/c1-2-12-31-27-15-24(23-14-22(28-33-23)16-6-8-18(26)9-7-16)32-19-10-11-20-17(13-19)4-3-5-21(20)25(29)30/h3-11,13-15,24H,2,12H2,1H3,(H,29,30)/b27-15+. The Balaban J connectivity index is 1.63. The van der Waals surface area contributed by atoms with E-state index in [1.165, 1.54) is 18.3 Å². The molecule has 0 saturated heterocycles. The first kappa shape index (κ1) is 22.0. The summed E-state index contributed by atoms with van der Waals surface area (Å²) < 4.78 is 24.8. The summed E-state index contributed by atoms with van der Waals surface area (Å²) in [5.74, 6) is -0.483. The maximum absolute atomic E-state index is 13.2. The summed E-state index contributed by atoms with van der Waals surface area (Å²) in [5, 5.41) is 18.7. The molecule has 1 atom stereocenters. The third-order valence-corrected chi connectivity index (χ3v) is 4.86. The van der Waals surface area contributed by atoms with E-state index in [0.29, 0.717) is 34.8 Å². The van der Waals surface area contributed by atoms with Crippen molar-refractivity contribution in [2.45, 2.75) is 19.4 Å². The second-order valence-electron chi connectivity index (χ2n) is 7.24. The van der Waals surface area contributed by atoms with Crippen molar-refractivity contribution in [3.63, 3.8) is 0 Å². The molecule has 0 bridgehead atoms. The number of carboxylic acids is 1. The maximum Gasteiger partial charge on any atom is 0.336 e. The molecule has 1 N–H and O–H groups in total. The van der Waals surface area contributed by atoms with Crippen LogP contribution in [0.1, 0.15) is 35.6 Å². The van der Waals surface area contributed by atoms with Crippen molar-refractivity contribution in [3.05, 3.63) is 83.9 Å². The molecule has 0 radical (unpaired) electrons. The fourth-order valence-electron chi connectivity index (χ4n) is 3.25. The second kappa shape index (κ2) is 9.95. The molecule has 0 aliphatic heterocycles. The Morgan fingerprint density at radius 3 is 2.76 bits per heavy atom. The van der Waals surface area contributed by atoms with Crippen molar-refractivity contribution in [2.24, 2.45) is 5.16 Å². The molecule has 0 spiro atoms. The number of aromatic nitrogens is 1. The lowest BCUT2D eigenvalue weighted by Crippen LogP contribution is -2.09. The van der Waals surface area contributed by atoms with Crippen LogP contribution in [0.4, 0.5) is 4.39 Å². The molecule has 0 aliphatic rings. The highest BCUT2D eigenvalue weighted by Crippen LogP contribution is 2.29. The highest BCUT2D eigenvalue weighted by atomic mass is 19.1. The number of hydrogen-bond acceptors (Lipinski definition) is 6. The van der Waals surface area contributed by atoms with E-state index >= 15 is 0 Å². The van der Waals surface area contributed by atoms with Crippen molar-refractivity contribution < 1.29 is 28.4 Å². The van der Waals surface area contributed by atoms with Crippen molar-refractivity contribution in [1.29, 1.82) is 0 Å². The van der Waals surface area contributed by atoms with Crippen LogP contribution in [0.5, 0.6) is 5.75 Å². The molecular weight excluding hydrogens is 427 g/mol. The van der Waals surface area contributed by atoms with E-state index in [1.54, 1.807) is 48.5 Å². The van der Waals surface area contributed by atoms with Gasteiger partial charge >= 0.3 is 5.97 Å². The Morgan fingerprint density at radius 1 is 1.18 bits per heavy atom. The van der Waals surface area contributed by atoms with Crippen LogP contribution in [0.2, 0.25) is 0 Å². The number of nitrogens with zero attached hydrogens (tertiary/aromatic N) is 2. The lowest BCUT2D eigenvalue weighted by Gasteiger charge is -2.13. The number of oxime groups is 1. The van der Waals surface area contributed by atoms with Gasteiger partial charge in [0.05, 0.1) is 11.8 Å². The van der Waals surface area contributed by atoms with Gasteiger partial charge in [-0.1, -0.05) is 29.4 Å². The van der Waals surface area contributed by atoms with E-state index in [2.05, 4.69) is 10.3 Å². The first-order chi connectivity index (χ1) is 16.0. The molecular formula is C25H21FN2O5. The highest BCUT2D eigenvalue weighted by molar-refractivity contribution is 6.03. The number of aromatic carboxylic acids is 1. The highest BCUT2D eigenvalue weighted by Gasteiger charge is 2.19. The molecule has 0 aliphatic carbocycles. The number of benzene rings is 3. The molecule has 1 unspecified atom stereocenters.